The Morgan fingerprint density at radius 3 is 2.62 bits per heavy atom. The average molecular weight is 289 g/mol. The molecule has 1 atom stereocenters. The number of oxime groups is 1. The number of benzene rings is 1. The quantitative estimate of drug-likeness (QED) is 0.379. The van der Waals surface area contributed by atoms with Crippen molar-refractivity contribution < 1.29 is 5.21 Å². The first-order valence-corrected chi connectivity index (χ1v) is 7.75. The van der Waals surface area contributed by atoms with Crippen LogP contribution in [0.15, 0.2) is 29.4 Å². The van der Waals surface area contributed by atoms with Gasteiger partial charge in [0, 0.05) is 24.3 Å². The zero-order chi connectivity index (χ0) is 15.5. The van der Waals surface area contributed by atoms with E-state index >= 15 is 0 Å². The largest absolute Gasteiger partial charge is 0.409 e. The van der Waals surface area contributed by atoms with E-state index in [9.17, 15) is 0 Å². The highest BCUT2D eigenvalue weighted by molar-refractivity contribution is 6.02. The lowest BCUT2D eigenvalue weighted by Gasteiger charge is -2.30. The molecule has 1 aromatic carbocycles. The van der Waals surface area contributed by atoms with E-state index < -0.39 is 0 Å². The first-order chi connectivity index (χ1) is 9.93. The van der Waals surface area contributed by atoms with Crippen LogP contribution in [0.3, 0.4) is 0 Å². The van der Waals surface area contributed by atoms with Crippen LogP contribution in [-0.2, 0) is 0 Å². The summed E-state index contributed by atoms with van der Waals surface area (Å²) in [5.74, 6) is 0.931. The van der Waals surface area contributed by atoms with E-state index in [1.54, 1.807) is 0 Å². The molecule has 1 unspecified atom stereocenters. The number of hydrogen-bond donors (Lipinski definition) is 2. The summed E-state index contributed by atoms with van der Waals surface area (Å²) in [7, 11) is 0. The van der Waals surface area contributed by atoms with Crippen LogP contribution in [-0.4, -0.2) is 24.1 Å². The molecule has 2 rings (SSSR count). The highest BCUT2D eigenvalue weighted by Gasteiger charge is 2.27. The van der Waals surface area contributed by atoms with Crippen LogP contribution in [0.1, 0.15) is 45.6 Å². The molecule has 1 saturated heterocycles. The fourth-order valence-corrected chi connectivity index (χ4v) is 3.22. The lowest BCUT2D eigenvalue weighted by atomic mass is 9.77. The minimum absolute atomic E-state index is 0.183. The van der Waals surface area contributed by atoms with Gasteiger partial charge in [0.1, 0.15) is 0 Å². The standard InChI is InChI=1S/C17H27N3O/c1-17(2,3)13-7-6-11-20(12-10-13)15-9-5-4-8-14(15)16(18)19-21/h4-5,8-9,13,21H,6-7,10-12H2,1-3H3,(H2,18,19). The van der Waals surface area contributed by atoms with Crippen LogP contribution in [0.4, 0.5) is 5.69 Å². The van der Waals surface area contributed by atoms with Gasteiger partial charge in [0.2, 0.25) is 0 Å². The second-order valence-corrected chi connectivity index (χ2v) is 6.98. The molecular weight excluding hydrogens is 262 g/mol. The van der Waals surface area contributed by atoms with Crippen molar-refractivity contribution >= 4 is 11.5 Å². The Morgan fingerprint density at radius 1 is 1.24 bits per heavy atom. The Kier molecular flexibility index (Phi) is 4.76. The third-order valence-electron chi connectivity index (χ3n) is 4.58. The number of para-hydroxylation sites is 1. The molecule has 0 saturated carbocycles. The highest BCUT2D eigenvalue weighted by Crippen LogP contribution is 2.35. The SMILES string of the molecule is CC(C)(C)C1CCCN(c2ccccc2C(N)=NO)CC1. The molecule has 1 aromatic rings. The van der Waals surface area contributed by atoms with Gasteiger partial charge in [-0.15, -0.1) is 0 Å². The van der Waals surface area contributed by atoms with E-state index in [1.165, 1.54) is 19.3 Å². The van der Waals surface area contributed by atoms with E-state index in [0.29, 0.717) is 5.41 Å². The van der Waals surface area contributed by atoms with Crippen LogP contribution in [0.2, 0.25) is 0 Å². The molecule has 3 N–H and O–H groups in total. The van der Waals surface area contributed by atoms with Gasteiger partial charge < -0.3 is 15.8 Å². The zero-order valence-electron chi connectivity index (χ0n) is 13.3. The smallest absolute Gasteiger partial charge is 0.172 e. The highest BCUT2D eigenvalue weighted by atomic mass is 16.4. The molecule has 0 amide bonds. The fraction of sp³-hybridized carbons (Fsp3) is 0.588. The molecule has 4 heteroatoms. The third kappa shape index (κ3) is 3.69. The predicted molar refractivity (Wildman–Crippen MR) is 88.0 cm³/mol. The molecule has 0 aliphatic carbocycles. The van der Waals surface area contributed by atoms with Crippen molar-refractivity contribution in [3.63, 3.8) is 0 Å². The molecule has 1 heterocycles. The summed E-state index contributed by atoms with van der Waals surface area (Å²) < 4.78 is 0. The van der Waals surface area contributed by atoms with Crippen LogP contribution >= 0.6 is 0 Å². The normalized spacial score (nSPS) is 21.2. The molecule has 116 valence electrons. The predicted octanol–water partition coefficient (Wildman–Crippen LogP) is 3.43. The average Bonchev–Trinajstić information content (AvgIpc) is 2.72. The lowest BCUT2D eigenvalue weighted by Crippen LogP contribution is -2.28. The van der Waals surface area contributed by atoms with Crippen molar-refractivity contribution in [1.29, 1.82) is 0 Å². The second-order valence-electron chi connectivity index (χ2n) is 6.98. The summed E-state index contributed by atoms with van der Waals surface area (Å²) in [5.41, 5.74) is 8.06. The summed E-state index contributed by atoms with van der Waals surface area (Å²) in [4.78, 5) is 2.37. The van der Waals surface area contributed by atoms with E-state index in [1.807, 2.05) is 18.2 Å². The first-order valence-electron chi connectivity index (χ1n) is 7.75. The van der Waals surface area contributed by atoms with Crippen LogP contribution in [0.25, 0.3) is 0 Å². The number of hydrogen-bond acceptors (Lipinski definition) is 3. The monoisotopic (exact) mass is 289 g/mol. The van der Waals surface area contributed by atoms with Crippen molar-refractivity contribution in [2.45, 2.75) is 40.0 Å². The number of rotatable bonds is 2. The topological polar surface area (TPSA) is 61.8 Å². The van der Waals surface area contributed by atoms with Gasteiger partial charge in [0.15, 0.2) is 5.84 Å². The van der Waals surface area contributed by atoms with Crippen molar-refractivity contribution in [2.75, 3.05) is 18.0 Å². The van der Waals surface area contributed by atoms with Gasteiger partial charge in [0.05, 0.1) is 0 Å². The molecule has 21 heavy (non-hydrogen) atoms. The maximum Gasteiger partial charge on any atom is 0.172 e. The first kappa shape index (κ1) is 15.7. The zero-order valence-corrected chi connectivity index (χ0v) is 13.3. The number of amidine groups is 1. The van der Waals surface area contributed by atoms with Crippen molar-refractivity contribution in [3.8, 4) is 0 Å². The van der Waals surface area contributed by atoms with Gasteiger partial charge in [-0.3, -0.25) is 0 Å². The van der Waals surface area contributed by atoms with E-state index in [2.05, 4.69) is 36.9 Å². The van der Waals surface area contributed by atoms with Gasteiger partial charge >= 0.3 is 0 Å². The maximum atomic E-state index is 8.96. The van der Waals surface area contributed by atoms with Gasteiger partial charge in [-0.05, 0) is 42.7 Å². The summed E-state index contributed by atoms with van der Waals surface area (Å²) >= 11 is 0. The molecule has 1 aliphatic heterocycles. The van der Waals surface area contributed by atoms with E-state index in [4.69, 9.17) is 10.9 Å². The minimum atomic E-state index is 0.183. The number of nitrogens with zero attached hydrogens (tertiary/aromatic N) is 2. The minimum Gasteiger partial charge on any atom is -0.409 e. The molecule has 0 radical (unpaired) electrons. The summed E-state index contributed by atoms with van der Waals surface area (Å²) in [5, 5.41) is 12.1. The van der Waals surface area contributed by atoms with Gasteiger partial charge in [-0.2, -0.15) is 0 Å². The number of nitrogens with two attached hydrogens (primary N) is 1. The molecule has 0 spiro atoms. The van der Waals surface area contributed by atoms with Crippen molar-refractivity contribution in [2.24, 2.45) is 22.2 Å². The summed E-state index contributed by atoms with van der Waals surface area (Å²) in [6, 6.07) is 7.91. The molecule has 1 aliphatic rings. The number of anilines is 1. The Bertz CT molecular complexity index is 505. The summed E-state index contributed by atoms with van der Waals surface area (Å²) in [6.45, 7) is 9.05. The summed E-state index contributed by atoms with van der Waals surface area (Å²) in [6.07, 6.45) is 3.65. The third-order valence-corrected chi connectivity index (χ3v) is 4.58. The Labute approximate surface area is 127 Å². The molecule has 4 nitrogen and oxygen atoms in total. The fourth-order valence-electron chi connectivity index (χ4n) is 3.22. The van der Waals surface area contributed by atoms with Gasteiger partial charge in [-0.25, -0.2) is 0 Å². The molecular formula is C17H27N3O. The lowest BCUT2D eigenvalue weighted by molar-refractivity contribution is 0.220. The second kappa shape index (κ2) is 6.37. The van der Waals surface area contributed by atoms with Gasteiger partial charge in [-0.1, -0.05) is 38.1 Å². The van der Waals surface area contributed by atoms with E-state index in [-0.39, 0.29) is 5.84 Å². The van der Waals surface area contributed by atoms with Gasteiger partial charge in [0.25, 0.3) is 0 Å². The Morgan fingerprint density at radius 2 is 1.95 bits per heavy atom. The maximum absolute atomic E-state index is 8.96. The molecule has 0 aromatic heterocycles. The molecule has 1 fully saturated rings. The Hall–Kier alpha value is -1.71. The van der Waals surface area contributed by atoms with Crippen LogP contribution in [0, 0.1) is 11.3 Å². The van der Waals surface area contributed by atoms with E-state index in [0.717, 1.165) is 30.3 Å². The van der Waals surface area contributed by atoms with Crippen molar-refractivity contribution in [1.82, 2.24) is 0 Å². The molecule has 0 bridgehead atoms. The Balaban J connectivity index is 2.20. The van der Waals surface area contributed by atoms with Crippen LogP contribution in [0.5, 0.6) is 0 Å². The van der Waals surface area contributed by atoms with Crippen LogP contribution < -0.4 is 10.6 Å². The van der Waals surface area contributed by atoms with Crippen molar-refractivity contribution in [3.05, 3.63) is 29.8 Å².